The molecule has 5 nitrogen and oxygen atoms in total. The summed E-state index contributed by atoms with van der Waals surface area (Å²) in [5, 5.41) is 5.92. The minimum atomic E-state index is -0.0273. The van der Waals surface area contributed by atoms with Crippen molar-refractivity contribution in [3.05, 3.63) is 52.8 Å². The number of nitrogens with zero attached hydrogens (tertiary/aromatic N) is 1. The minimum absolute atomic E-state index is 0.0273. The van der Waals surface area contributed by atoms with Crippen molar-refractivity contribution in [2.24, 2.45) is 0 Å². The topological polar surface area (TPSA) is 63.1 Å². The molecule has 0 unspecified atom stereocenters. The van der Waals surface area contributed by atoms with Crippen LogP contribution >= 0.6 is 0 Å². The van der Waals surface area contributed by atoms with Gasteiger partial charge in [0.15, 0.2) is 0 Å². The molecule has 0 saturated heterocycles. The van der Waals surface area contributed by atoms with Crippen LogP contribution in [0, 0.1) is 13.8 Å². The van der Waals surface area contributed by atoms with Gasteiger partial charge in [0, 0.05) is 36.1 Å². The minimum Gasteiger partial charge on any atom is -0.348 e. The molecule has 0 spiro atoms. The van der Waals surface area contributed by atoms with E-state index in [-0.39, 0.29) is 11.8 Å². The van der Waals surface area contributed by atoms with Crippen molar-refractivity contribution in [3.63, 3.8) is 0 Å². The third-order valence-electron chi connectivity index (χ3n) is 5.84. The number of hydrogen-bond acceptors (Lipinski definition) is 2. The summed E-state index contributed by atoms with van der Waals surface area (Å²) in [4.78, 5) is 24.5. The molecule has 1 fully saturated rings. The summed E-state index contributed by atoms with van der Waals surface area (Å²) in [6.45, 7) is 6.61. The normalized spacial score (nSPS) is 14.6. The van der Waals surface area contributed by atoms with Crippen molar-refractivity contribution in [2.75, 3.05) is 5.32 Å². The standard InChI is InChI=1S/C24H33N3O2/c1-4-8-23(28)26-20-13-11-19(12-14-20)16-25-24(29)22-15-17(2)27(18(22)3)21-9-6-5-7-10-21/h11-15,21H,4-10,16H2,1-3H3,(H,25,29)(H,26,28). The lowest BCUT2D eigenvalue weighted by molar-refractivity contribution is -0.116. The van der Waals surface area contributed by atoms with Gasteiger partial charge in [-0.05, 0) is 56.9 Å². The van der Waals surface area contributed by atoms with Gasteiger partial charge in [-0.15, -0.1) is 0 Å². The Hall–Kier alpha value is -2.56. The van der Waals surface area contributed by atoms with E-state index in [0.29, 0.717) is 19.0 Å². The largest absolute Gasteiger partial charge is 0.348 e. The summed E-state index contributed by atoms with van der Waals surface area (Å²) in [6, 6.07) is 10.2. The lowest BCUT2D eigenvalue weighted by Gasteiger charge is -2.26. The average Bonchev–Trinajstić information content (AvgIpc) is 3.02. The molecule has 0 aliphatic heterocycles. The molecule has 1 heterocycles. The van der Waals surface area contributed by atoms with E-state index in [2.05, 4.69) is 29.0 Å². The van der Waals surface area contributed by atoms with Gasteiger partial charge in [0.05, 0.1) is 5.56 Å². The van der Waals surface area contributed by atoms with Crippen LogP contribution in [-0.2, 0) is 11.3 Å². The summed E-state index contributed by atoms with van der Waals surface area (Å²) in [6.07, 6.45) is 7.64. The zero-order chi connectivity index (χ0) is 20.8. The number of anilines is 1. The number of nitrogens with one attached hydrogen (secondary N) is 2. The van der Waals surface area contributed by atoms with Gasteiger partial charge < -0.3 is 15.2 Å². The molecular formula is C24H33N3O2. The van der Waals surface area contributed by atoms with E-state index < -0.39 is 0 Å². The highest BCUT2D eigenvalue weighted by Crippen LogP contribution is 2.32. The van der Waals surface area contributed by atoms with Crippen molar-refractivity contribution < 1.29 is 9.59 Å². The number of carbonyl (C=O) groups is 2. The highest BCUT2D eigenvalue weighted by atomic mass is 16.2. The Bertz CT molecular complexity index is 846. The fourth-order valence-corrected chi connectivity index (χ4v) is 4.34. The molecule has 1 aromatic carbocycles. The zero-order valence-electron chi connectivity index (χ0n) is 17.9. The van der Waals surface area contributed by atoms with Crippen molar-refractivity contribution in [3.8, 4) is 0 Å². The molecular weight excluding hydrogens is 362 g/mol. The lowest BCUT2D eigenvalue weighted by Crippen LogP contribution is -2.24. The maximum atomic E-state index is 12.8. The summed E-state index contributed by atoms with van der Waals surface area (Å²) >= 11 is 0. The van der Waals surface area contributed by atoms with Gasteiger partial charge in [-0.1, -0.05) is 38.3 Å². The maximum Gasteiger partial charge on any atom is 0.253 e. The molecule has 1 aromatic heterocycles. The Morgan fingerprint density at radius 3 is 2.41 bits per heavy atom. The van der Waals surface area contributed by atoms with Crippen molar-refractivity contribution in [1.82, 2.24) is 9.88 Å². The quantitative estimate of drug-likeness (QED) is 0.670. The van der Waals surface area contributed by atoms with Crippen LogP contribution in [0.2, 0.25) is 0 Å². The highest BCUT2D eigenvalue weighted by molar-refractivity contribution is 5.95. The monoisotopic (exact) mass is 395 g/mol. The Kier molecular flexibility index (Phi) is 7.13. The molecule has 1 saturated carbocycles. The number of benzene rings is 1. The van der Waals surface area contributed by atoms with E-state index >= 15 is 0 Å². The molecule has 0 bridgehead atoms. The number of amides is 2. The average molecular weight is 396 g/mol. The van der Waals surface area contributed by atoms with E-state index in [0.717, 1.165) is 28.9 Å². The SMILES string of the molecule is CCCC(=O)Nc1ccc(CNC(=O)c2cc(C)n(C3CCCCC3)c2C)cc1. The Balaban J connectivity index is 1.60. The van der Waals surface area contributed by atoms with Gasteiger partial charge in [-0.25, -0.2) is 0 Å². The summed E-state index contributed by atoms with van der Waals surface area (Å²) in [5.41, 5.74) is 4.81. The fourth-order valence-electron chi connectivity index (χ4n) is 4.34. The zero-order valence-corrected chi connectivity index (χ0v) is 17.9. The molecule has 156 valence electrons. The van der Waals surface area contributed by atoms with Gasteiger partial charge in [0.1, 0.15) is 0 Å². The summed E-state index contributed by atoms with van der Waals surface area (Å²) in [5.74, 6) is 0.00219. The highest BCUT2D eigenvalue weighted by Gasteiger charge is 2.22. The van der Waals surface area contributed by atoms with Crippen LogP contribution in [0.3, 0.4) is 0 Å². The molecule has 2 N–H and O–H groups in total. The summed E-state index contributed by atoms with van der Waals surface area (Å²) < 4.78 is 2.36. The molecule has 0 atom stereocenters. The van der Waals surface area contributed by atoms with Crippen LogP contribution < -0.4 is 10.6 Å². The second kappa shape index (κ2) is 9.77. The molecule has 1 aliphatic carbocycles. The Morgan fingerprint density at radius 1 is 1.07 bits per heavy atom. The lowest BCUT2D eigenvalue weighted by atomic mass is 9.95. The predicted octanol–water partition coefficient (Wildman–Crippen LogP) is 5.28. The first-order valence-electron chi connectivity index (χ1n) is 10.8. The molecule has 0 radical (unpaired) electrons. The van der Waals surface area contributed by atoms with E-state index in [1.165, 1.54) is 37.8 Å². The van der Waals surface area contributed by atoms with Gasteiger partial charge >= 0.3 is 0 Å². The molecule has 1 aliphatic rings. The van der Waals surface area contributed by atoms with E-state index in [1.54, 1.807) is 0 Å². The van der Waals surface area contributed by atoms with Gasteiger partial charge in [0.2, 0.25) is 5.91 Å². The van der Waals surface area contributed by atoms with E-state index in [9.17, 15) is 9.59 Å². The Labute approximate surface area is 173 Å². The first-order chi connectivity index (χ1) is 14.0. The molecule has 29 heavy (non-hydrogen) atoms. The van der Waals surface area contributed by atoms with Gasteiger partial charge in [-0.3, -0.25) is 9.59 Å². The van der Waals surface area contributed by atoms with Crippen LogP contribution in [0.25, 0.3) is 0 Å². The van der Waals surface area contributed by atoms with Crippen LogP contribution in [0.15, 0.2) is 30.3 Å². The summed E-state index contributed by atoms with van der Waals surface area (Å²) in [7, 11) is 0. The maximum absolute atomic E-state index is 12.8. The number of hydrogen-bond donors (Lipinski definition) is 2. The molecule has 3 rings (SSSR count). The van der Waals surface area contributed by atoms with Crippen LogP contribution in [-0.4, -0.2) is 16.4 Å². The fraction of sp³-hybridized carbons (Fsp3) is 0.500. The van der Waals surface area contributed by atoms with Crippen LogP contribution in [0.5, 0.6) is 0 Å². The third kappa shape index (κ3) is 5.28. The smallest absolute Gasteiger partial charge is 0.253 e. The predicted molar refractivity (Wildman–Crippen MR) is 117 cm³/mol. The third-order valence-corrected chi connectivity index (χ3v) is 5.84. The Morgan fingerprint density at radius 2 is 1.76 bits per heavy atom. The molecule has 2 aromatic rings. The van der Waals surface area contributed by atoms with Crippen LogP contribution in [0.4, 0.5) is 5.69 Å². The van der Waals surface area contributed by atoms with Gasteiger partial charge in [-0.2, -0.15) is 0 Å². The van der Waals surface area contributed by atoms with E-state index in [1.807, 2.05) is 37.3 Å². The molecule has 5 heteroatoms. The second-order valence-electron chi connectivity index (χ2n) is 8.12. The molecule has 2 amide bonds. The number of rotatable bonds is 7. The first kappa shape index (κ1) is 21.2. The van der Waals surface area contributed by atoms with Crippen molar-refractivity contribution in [1.29, 1.82) is 0 Å². The first-order valence-corrected chi connectivity index (χ1v) is 10.8. The van der Waals surface area contributed by atoms with Crippen molar-refractivity contribution in [2.45, 2.75) is 78.3 Å². The van der Waals surface area contributed by atoms with Gasteiger partial charge in [0.25, 0.3) is 5.91 Å². The number of carbonyl (C=O) groups excluding carboxylic acids is 2. The second-order valence-corrected chi connectivity index (χ2v) is 8.12. The van der Waals surface area contributed by atoms with E-state index in [4.69, 9.17) is 0 Å². The number of aryl methyl sites for hydroxylation is 1. The van der Waals surface area contributed by atoms with Crippen molar-refractivity contribution >= 4 is 17.5 Å². The van der Waals surface area contributed by atoms with Crippen LogP contribution in [0.1, 0.15) is 85.2 Å². The number of aromatic nitrogens is 1.